The second kappa shape index (κ2) is 5.30. The van der Waals surface area contributed by atoms with Crippen molar-refractivity contribution in [2.75, 3.05) is 25.0 Å². The molecule has 0 saturated carbocycles. The van der Waals surface area contributed by atoms with Crippen LogP contribution in [-0.2, 0) is 6.42 Å². The lowest BCUT2D eigenvalue weighted by atomic mass is 10.1. The van der Waals surface area contributed by atoms with Crippen LogP contribution in [0.4, 0.5) is 5.82 Å². The highest BCUT2D eigenvalue weighted by atomic mass is 15.2. The van der Waals surface area contributed by atoms with E-state index in [0.29, 0.717) is 6.04 Å². The van der Waals surface area contributed by atoms with Crippen molar-refractivity contribution in [2.45, 2.75) is 32.2 Å². The molecule has 88 valence electrons. The molecule has 1 fully saturated rings. The lowest BCUT2D eigenvalue weighted by Crippen LogP contribution is -2.44. The Morgan fingerprint density at radius 1 is 1.50 bits per heavy atom. The van der Waals surface area contributed by atoms with Crippen molar-refractivity contribution in [3.8, 4) is 0 Å². The fraction of sp³-hybridized carbons (Fsp3) is 0.615. The molecule has 16 heavy (non-hydrogen) atoms. The van der Waals surface area contributed by atoms with Crippen LogP contribution in [-0.4, -0.2) is 31.2 Å². The average molecular weight is 219 g/mol. The first-order chi connectivity index (χ1) is 7.83. The highest BCUT2D eigenvalue weighted by molar-refractivity contribution is 5.40. The molecule has 2 heterocycles. The van der Waals surface area contributed by atoms with E-state index in [1.165, 1.54) is 18.5 Å². The maximum Gasteiger partial charge on any atom is 0.128 e. The van der Waals surface area contributed by atoms with E-state index in [1.54, 1.807) is 0 Å². The third-order valence-corrected chi connectivity index (χ3v) is 3.31. The van der Waals surface area contributed by atoms with E-state index in [4.69, 9.17) is 0 Å². The molecule has 1 unspecified atom stereocenters. The van der Waals surface area contributed by atoms with Crippen molar-refractivity contribution >= 4 is 5.82 Å². The van der Waals surface area contributed by atoms with Crippen LogP contribution >= 0.6 is 0 Å². The van der Waals surface area contributed by atoms with Crippen LogP contribution in [0.15, 0.2) is 18.2 Å². The largest absolute Gasteiger partial charge is 0.355 e. The van der Waals surface area contributed by atoms with Gasteiger partial charge in [0.1, 0.15) is 5.82 Å². The molecule has 0 radical (unpaired) electrons. The number of aryl methyl sites for hydroxylation is 1. The number of nitrogens with zero attached hydrogens (tertiary/aromatic N) is 2. The second-order valence-corrected chi connectivity index (χ2v) is 4.41. The Kier molecular flexibility index (Phi) is 3.78. The lowest BCUT2D eigenvalue weighted by molar-refractivity contribution is 0.447. The van der Waals surface area contributed by atoms with E-state index < -0.39 is 0 Å². The maximum atomic E-state index is 4.68. The van der Waals surface area contributed by atoms with Crippen LogP contribution in [0.2, 0.25) is 0 Å². The number of hydrogen-bond acceptors (Lipinski definition) is 3. The fourth-order valence-electron chi connectivity index (χ4n) is 2.26. The molecule has 1 atom stereocenters. The minimum atomic E-state index is 0.612. The third-order valence-electron chi connectivity index (χ3n) is 3.31. The first-order valence-corrected chi connectivity index (χ1v) is 6.21. The smallest absolute Gasteiger partial charge is 0.128 e. The monoisotopic (exact) mass is 219 g/mol. The van der Waals surface area contributed by atoms with Crippen molar-refractivity contribution in [3.05, 3.63) is 23.9 Å². The summed E-state index contributed by atoms with van der Waals surface area (Å²) in [6.45, 7) is 4.37. The number of rotatable bonds is 3. The summed E-state index contributed by atoms with van der Waals surface area (Å²) in [6.07, 6.45) is 3.54. The van der Waals surface area contributed by atoms with Crippen molar-refractivity contribution in [1.82, 2.24) is 10.3 Å². The van der Waals surface area contributed by atoms with E-state index >= 15 is 0 Å². The Hall–Kier alpha value is -1.09. The van der Waals surface area contributed by atoms with Gasteiger partial charge in [0, 0.05) is 24.8 Å². The highest BCUT2D eigenvalue weighted by Crippen LogP contribution is 2.18. The van der Waals surface area contributed by atoms with Crippen molar-refractivity contribution in [1.29, 1.82) is 0 Å². The van der Waals surface area contributed by atoms with Gasteiger partial charge in [-0.1, -0.05) is 13.0 Å². The van der Waals surface area contributed by atoms with Crippen molar-refractivity contribution in [3.63, 3.8) is 0 Å². The molecular weight excluding hydrogens is 198 g/mol. The molecule has 1 aliphatic heterocycles. The second-order valence-electron chi connectivity index (χ2n) is 4.41. The van der Waals surface area contributed by atoms with Crippen molar-refractivity contribution < 1.29 is 0 Å². The molecule has 1 saturated heterocycles. The van der Waals surface area contributed by atoms with Gasteiger partial charge in [-0.15, -0.1) is 0 Å². The average Bonchev–Trinajstić information content (AvgIpc) is 2.39. The number of nitrogens with one attached hydrogen (secondary N) is 1. The summed E-state index contributed by atoms with van der Waals surface area (Å²) in [4.78, 5) is 7.07. The number of anilines is 1. The van der Waals surface area contributed by atoms with Gasteiger partial charge in [-0.05, 0) is 38.4 Å². The molecular formula is C13H21N3. The topological polar surface area (TPSA) is 28.2 Å². The summed E-state index contributed by atoms with van der Waals surface area (Å²) in [5, 5.41) is 3.36. The molecule has 0 spiro atoms. The number of aromatic nitrogens is 1. The zero-order valence-electron chi connectivity index (χ0n) is 10.2. The predicted molar refractivity (Wildman–Crippen MR) is 67.9 cm³/mol. The van der Waals surface area contributed by atoms with Crippen LogP contribution in [0.25, 0.3) is 0 Å². The molecule has 3 nitrogen and oxygen atoms in total. The molecule has 2 rings (SSSR count). The summed E-state index contributed by atoms with van der Waals surface area (Å²) in [7, 11) is 2.05. The van der Waals surface area contributed by atoms with E-state index in [1.807, 2.05) is 7.05 Å². The normalized spacial score (nSPS) is 21.1. The molecule has 0 aromatic carbocycles. The standard InChI is InChI=1S/C13H21N3/c1-3-11-6-4-8-13(15-11)16-9-5-7-12(10-16)14-2/h4,6,8,12,14H,3,5,7,9-10H2,1-2H3. The van der Waals surface area contributed by atoms with Gasteiger partial charge in [0.2, 0.25) is 0 Å². The Morgan fingerprint density at radius 2 is 2.38 bits per heavy atom. The van der Waals surface area contributed by atoms with Crippen molar-refractivity contribution in [2.24, 2.45) is 0 Å². The molecule has 0 aliphatic carbocycles. The van der Waals surface area contributed by atoms with Gasteiger partial charge in [0.15, 0.2) is 0 Å². The van der Waals surface area contributed by atoms with E-state index in [-0.39, 0.29) is 0 Å². The van der Waals surface area contributed by atoms with Crippen LogP contribution in [0.5, 0.6) is 0 Å². The lowest BCUT2D eigenvalue weighted by Gasteiger charge is -2.33. The first-order valence-electron chi connectivity index (χ1n) is 6.21. The summed E-state index contributed by atoms with van der Waals surface area (Å²) < 4.78 is 0. The molecule has 0 amide bonds. The molecule has 0 bridgehead atoms. The van der Waals surface area contributed by atoms with Crippen LogP contribution < -0.4 is 10.2 Å². The molecule has 1 N–H and O–H groups in total. The molecule has 1 aliphatic rings. The SMILES string of the molecule is CCc1cccc(N2CCCC(NC)C2)n1. The van der Waals surface area contributed by atoms with Crippen LogP contribution in [0.3, 0.4) is 0 Å². The molecule has 3 heteroatoms. The number of pyridine rings is 1. The van der Waals surface area contributed by atoms with Gasteiger partial charge in [-0.3, -0.25) is 0 Å². The van der Waals surface area contributed by atoms with Crippen LogP contribution in [0, 0.1) is 0 Å². The summed E-state index contributed by atoms with van der Waals surface area (Å²) in [5.74, 6) is 1.14. The number of piperidine rings is 1. The fourth-order valence-corrected chi connectivity index (χ4v) is 2.26. The van der Waals surface area contributed by atoms with E-state index in [9.17, 15) is 0 Å². The van der Waals surface area contributed by atoms with Gasteiger partial charge in [0.05, 0.1) is 0 Å². The Labute approximate surface area is 97.9 Å². The van der Waals surface area contributed by atoms with E-state index in [2.05, 4.69) is 40.3 Å². The predicted octanol–water partition coefficient (Wildman–Crippen LogP) is 1.83. The number of hydrogen-bond donors (Lipinski definition) is 1. The number of likely N-dealkylation sites (N-methyl/N-ethyl adjacent to an activating group) is 1. The van der Waals surface area contributed by atoms with Gasteiger partial charge in [-0.2, -0.15) is 0 Å². The van der Waals surface area contributed by atoms with Gasteiger partial charge in [-0.25, -0.2) is 4.98 Å². The van der Waals surface area contributed by atoms with Gasteiger partial charge in [0.25, 0.3) is 0 Å². The Balaban J connectivity index is 2.10. The molecule has 1 aromatic rings. The summed E-state index contributed by atoms with van der Waals surface area (Å²) >= 11 is 0. The van der Waals surface area contributed by atoms with Gasteiger partial charge < -0.3 is 10.2 Å². The Morgan fingerprint density at radius 3 is 3.12 bits per heavy atom. The highest BCUT2D eigenvalue weighted by Gasteiger charge is 2.19. The van der Waals surface area contributed by atoms with Crippen LogP contribution in [0.1, 0.15) is 25.5 Å². The first kappa shape index (κ1) is 11.4. The minimum Gasteiger partial charge on any atom is -0.355 e. The van der Waals surface area contributed by atoms with Gasteiger partial charge >= 0.3 is 0 Å². The summed E-state index contributed by atoms with van der Waals surface area (Å²) in [5.41, 5.74) is 1.18. The quantitative estimate of drug-likeness (QED) is 0.840. The zero-order valence-corrected chi connectivity index (χ0v) is 10.2. The Bertz CT molecular complexity index is 338. The zero-order chi connectivity index (χ0) is 11.4. The third kappa shape index (κ3) is 2.53. The summed E-state index contributed by atoms with van der Waals surface area (Å²) in [6, 6.07) is 6.95. The minimum absolute atomic E-state index is 0.612. The maximum absolute atomic E-state index is 4.68. The molecule has 1 aromatic heterocycles. The van der Waals surface area contributed by atoms with E-state index in [0.717, 1.165) is 25.3 Å².